The number of rotatable bonds is 5. The maximum absolute atomic E-state index is 13.6. The molecule has 3 heterocycles. The van der Waals surface area contributed by atoms with Gasteiger partial charge < -0.3 is 15.2 Å². The van der Waals surface area contributed by atoms with E-state index in [1.165, 1.54) is 17.1 Å². The minimum Gasteiger partial charge on any atom is -0.361 e. The molecular weight excluding hydrogens is 440 g/mol. The highest BCUT2D eigenvalue weighted by atomic mass is 32.2. The first-order chi connectivity index (χ1) is 15.8. The van der Waals surface area contributed by atoms with Crippen molar-refractivity contribution in [1.29, 1.82) is 0 Å². The molecule has 4 rings (SSSR count). The summed E-state index contributed by atoms with van der Waals surface area (Å²) in [6.45, 7) is 5.41. The Labute approximate surface area is 197 Å². The SMILES string of the molecule is Cc1[nH]c(C)c(S(=O)(=O)N2CCC(C(=O)NC3CCCCCC3)CC2)c1C(=O)N1CCCC1. The van der Waals surface area contributed by atoms with E-state index in [9.17, 15) is 18.0 Å². The molecule has 0 bridgehead atoms. The first kappa shape index (κ1) is 24.3. The van der Waals surface area contributed by atoms with Gasteiger partial charge in [0.1, 0.15) is 4.90 Å². The first-order valence-corrected chi connectivity index (χ1v) is 14.0. The number of likely N-dealkylation sites (tertiary alicyclic amines) is 1. The Bertz CT molecular complexity index is 965. The fourth-order valence-electron chi connectivity index (χ4n) is 5.65. The molecule has 9 heteroatoms. The smallest absolute Gasteiger partial charge is 0.257 e. The Morgan fingerprint density at radius 2 is 1.45 bits per heavy atom. The summed E-state index contributed by atoms with van der Waals surface area (Å²) in [6, 6.07) is 0.256. The number of amides is 2. The largest absolute Gasteiger partial charge is 0.361 e. The summed E-state index contributed by atoms with van der Waals surface area (Å²) in [5, 5.41) is 3.22. The summed E-state index contributed by atoms with van der Waals surface area (Å²) in [6.07, 6.45) is 9.81. The van der Waals surface area contributed by atoms with Gasteiger partial charge in [-0.3, -0.25) is 9.59 Å². The molecule has 0 radical (unpaired) electrons. The van der Waals surface area contributed by atoms with Crippen molar-refractivity contribution in [2.45, 2.75) is 89.0 Å². The normalized spacial score (nSPS) is 21.8. The van der Waals surface area contributed by atoms with Crippen LogP contribution in [0.15, 0.2) is 4.90 Å². The molecule has 2 aliphatic heterocycles. The third kappa shape index (κ3) is 5.14. The summed E-state index contributed by atoms with van der Waals surface area (Å²) >= 11 is 0. The fraction of sp³-hybridized carbons (Fsp3) is 0.750. The van der Waals surface area contributed by atoms with Crippen molar-refractivity contribution >= 4 is 21.8 Å². The van der Waals surface area contributed by atoms with Gasteiger partial charge in [0, 0.05) is 49.5 Å². The number of hydrogen-bond acceptors (Lipinski definition) is 4. The zero-order valence-corrected chi connectivity index (χ0v) is 20.8. The molecule has 0 spiro atoms. The van der Waals surface area contributed by atoms with Crippen LogP contribution in [0.5, 0.6) is 0 Å². The predicted molar refractivity (Wildman–Crippen MR) is 127 cm³/mol. The molecule has 1 aromatic heterocycles. The van der Waals surface area contributed by atoms with Crippen molar-refractivity contribution < 1.29 is 18.0 Å². The van der Waals surface area contributed by atoms with E-state index >= 15 is 0 Å². The summed E-state index contributed by atoms with van der Waals surface area (Å²) in [7, 11) is -3.84. The average molecular weight is 479 g/mol. The Kier molecular flexibility index (Phi) is 7.48. The monoisotopic (exact) mass is 478 g/mol. The lowest BCUT2D eigenvalue weighted by Crippen LogP contribution is -2.45. The van der Waals surface area contributed by atoms with Crippen LogP contribution in [0.3, 0.4) is 0 Å². The molecule has 1 saturated carbocycles. The Hall–Kier alpha value is -1.87. The standard InChI is InChI=1S/C24H38N4O4S/c1-17-21(24(30)27-13-7-8-14-27)22(18(2)25-17)33(31,32)28-15-11-19(12-16-28)23(29)26-20-9-5-3-4-6-10-20/h19-20,25H,3-16H2,1-2H3,(H,26,29). The van der Waals surface area contributed by atoms with Crippen LogP contribution in [0.4, 0.5) is 0 Å². The lowest BCUT2D eigenvalue weighted by atomic mass is 9.96. The van der Waals surface area contributed by atoms with E-state index in [4.69, 9.17) is 0 Å². The van der Waals surface area contributed by atoms with Crippen molar-refractivity contribution in [1.82, 2.24) is 19.5 Å². The van der Waals surface area contributed by atoms with Gasteiger partial charge in [0.25, 0.3) is 5.91 Å². The topological polar surface area (TPSA) is 103 Å². The first-order valence-electron chi connectivity index (χ1n) is 12.6. The van der Waals surface area contributed by atoms with Gasteiger partial charge >= 0.3 is 0 Å². The Morgan fingerprint density at radius 1 is 0.848 bits per heavy atom. The Balaban J connectivity index is 1.44. The molecule has 2 saturated heterocycles. The molecule has 184 valence electrons. The zero-order valence-electron chi connectivity index (χ0n) is 20.0. The third-order valence-electron chi connectivity index (χ3n) is 7.55. The number of hydrogen-bond donors (Lipinski definition) is 2. The Morgan fingerprint density at radius 3 is 2.06 bits per heavy atom. The zero-order chi connectivity index (χ0) is 23.6. The maximum atomic E-state index is 13.6. The predicted octanol–water partition coefficient (Wildman–Crippen LogP) is 3.11. The van der Waals surface area contributed by atoms with Crippen LogP contribution < -0.4 is 5.32 Å². The van der Waals surface area contributed by atoms with Crippen LogP contribution in [-0.2, 0) is 14.8 Å². The van der Waals surface area contributed by atoms with Crippen LogP contribution in [-0.4, -0.2) is 66.6 Å². The number of sulfonamides is 1. The fourth-order valence-corrected chi connectivity index (χ4v) is 7.53. The summed E-state index contributed by atoms with van der Waals surface area (Å²) in [5.41, 5.74) is 1.38. The number of piperidine rings is 1. The van der Waals surface area contributed by atoms with Crippen LogP contribution in [0.2, 0.25) is 0 Å². The highest BCUT2D eigenvalue weighted by Crippen LogP contribution is 2.31. The van der Waals surface area contributed by atoms with E-state index in [2.05, 4.69) is 10.3 Å². The van der Waals surface area contributed by atoms with Crippen LogP contribution >= 0.6 is 0 Å². The number of nitrogens with one attached hydrogen (secondary N) is 2. The van der Waals surface area contributed by atoms with Crippen molar-refractivity contribution in [3.63, 3.8) is 0 Å². The molecule has 2 N–H and O–H groups in total. The van der Waals surface area contributed by atoms with Gasteiger partial charge in [-0.25, -0.2) is 8.42 Å². The average Bonchev–Trinajstić information content (AvgIpc) is 3.35. The van der Waals surface area contributed by atoms with Crippen molar-refractivity contribution in [2.75, 3.05) is 26.2 Å². The van der Waals surface area contributed by atoms with E-state index in [0.717, 1.165) is 38.5 Å². The number of H-pyrrole nitrogens is 1. The molecule has 8 nitrogen and oxygen atoms in total. The molecule has 3 fully saturated rings. The molecule has 33 heavy (non-hydrogen) atoms. The second-order valence-electron chi connectivity index (χ2n) is 9.95. The minimum absolute atomic E-state index is 0.0671. The second kappa shape index (κ2) is 10.2. The lowest BCUT2D eigenvalue weighted by Gasteiger charge is -2.31. The van der Waals surface area contributed by atoms with Gasteiger partial charge in [-0.1, -0.05) is 25.7 Å². The van der Waals surface area contributed by atoms with Crippen molar-refractivity contribution in [3.8, 4) is 0 Å². The van der Waals surface area contributed by atoms with Gasteiger partial charge in [-0.05, 0) is 52.4 Å². The van der Waals surface area contributed by atoms with E-state index in [-0.39, 0.29) is 34.2 Å². The quantitative estimate of drug-likeness (QED) is 0.635. The number of nitrogens with zero attached hydrogens (tertiary/aromatic N) is 2. The number of aromatic amines is 1. The molecule has 0 atom stereocenters. The van der Waals surface area contributed by atoms with Crippen LogP contribution in [0.1, 0.15) is 86.0 Å². The summed E-state index contributed by atoms with van der Waals surface area (Å²) in [4.78, 5) is 30.9. The van der Waals surface area contributed by atoms with Gasteiger partial charge in [0.15, 0.2) is 0 Å². The summed E-state index contributed by atoms with van der Waals surface area (Å²) < 4.78 is 28.7. The molecule has 0 unspecified atom stereocenters. The van der Waals surface area contributed by atoms with Crippen molar-refractivity contribution in [2.24, 2.45) is 5.92 Å². The highest BCUT2D eigenvalue weighted by Gasteiger charge is 2.38. The number of aryl methyl sites for hydroxylation is 2. The number of carbonyl (C=O) groups is 2. The molecule has 1 aromatic rings. The molecule has 1 aliphatic carbocycles. The van der Waals surface area contributed by atoms with Gasteiger partial charge in [-0.15, -0.1) is 0 Å². The molecule has 3 aliphatic rings. The lowest BCUT2D eigenvalue weighted by molar-refractivity contribution is -0.126. The minimum atomic E-state index is -3.84. The maximum Gasteiger partial charge on any atom is 0.257 e. The molecular formula is C24H38N4O4S. The van der Waals surface area contributed by atoms with Crippen LogP contribution in [0, 0.1) is 19.8 Å². The van der Waals surface area contributed by atoms with Gasteiger partial charge in [-0.2, -0.15) is 4.31 Å². The molecule has 0 aromatic carbocycles. The van der Waals surface area contributed by atoms with E-state index < -0.39 is 10.0 Å². The van der Waals surface area contributed by atoms with E-state index in [0.29, 0.717) is 50.4 Å². The highest BCUT2D eigenvalue weighted by molar-refractivity contribution is 7.89. The molecule has 2 amide bonds. The van der Waals surface area contributed by atoms with Gasteiger partial charge in [0.2, 0.25) is 15.9 Å². The van der Waals surface area contributed by atoms with E-state index in [1.807, 2.05) is 0 Å². The number of aromatic nitrogens is 1. The number of carbonyl (C=O) groups excluding carboxylic acids is 2. The van der Waals surface area contributed by atoms with Gasteiger partial charge in [0.05, 0.1) is 5.56 Å². The second-order valence-corrected chi connectivity index (χ2v) is 11.8. The van der Waals surface area contributed by atoms with Crippen LogP contribution in [0.25, 0.3) is 0 Å². The summed E-state index contributed by atoms with van der Waals surface area (Å²) in [5.74, 6) is -0.289. The van der Waals surface area contributed by atoms with Crippen molar-refractivity contribution in [3.05, 3.63) is 17.0 Å². The third-order valence-corrected chi connectivity index (χ3v) is 9.62. The van der Waals surface area contributed by atoms with E-state index in [1.54, 1.807) is 18.7 Å².